The maximum absolute atomic E-state index is 13.1. The highest BCUT2D eigenvalue weighted by Crippen LogP contribution is 2.44. The lowest BCUT2D eigenvalue weighted by molar-refractivity contribution is -0.00678. The van der Waals surface area contributed by atoms with Crippen molar-refractivity contribution in [3.8, 4) is 11.1 Å². The predicted molar refractivity (Wildman–Crippen MR) is 126 cm³/mol. The summed E-state index contributed by atoms with van der Waals surface area (Å²) in [5, 5.41) is 0. The SMILES string of the molecule is CC(C)(C)OC(=O)N1CC(CN(C(=O)OCC2c3ccccc3-c3ccccc32)C2CC2)C1. The van der Waals surface area contributed by atoms with Crippen molar-refractivity contribution in [2.75, 3.05) is 26.2 Å². The molecule has 3 aliphatic rings. The molecule has 1 saturated heterocycles. The van der Waals surface area contributed by atoms with E-state index >= 15 is 0 Å². The summed E-state index contributed by atoms with van der Waals surface area (Å²) in [5.41, 5.74) is 4.39. The molecule has 6 nitrogen and oxygen atoms in total. The summed E-state index contributed by atoms with van der Waals surface area (Å²) in [5.74, 6) is 0.326. The number of benzene rings is 2. The van der Waals surface area contributed by atoms with Crippen molar-refractivity contribution in [1.82, 2.24) is 9.80 Å². The molecular weight excluding hydrogens is 416 g/mol. The van der Waals surface area contributed by atoms with E-state index in [0.717, 1.165) is 12.8 Å². The number of carbonyl (C=O) groups is 2. The van der Waals surface area contributed by atoms with Gasteiger partial charge in [0.05, 0.1) is 0 Å². The Kier molecular flexibility index (Phi) is 5.55. The highest BCUT2D eigenvalue weighted by molar-refractivity contribution is 5.79. The molecule has 2 aromatic rings. The quantitative estimate of drug-likeness (QED) is 0.626. The van der Waals surface area contributed by atoms with E-state index in [9.17, 15) is 9.59 Å². The van der Waals surface area contributed by atoms with Crippen LogP contribution < -0.4 is 0 Å². The van der Waals surface area contributed by atoms with E-state index in [2.05, 4.69) is 36.4 Å². The standard InChI is InChI=1S/C27H32N2O4/c1-27(2,3)33-25(30)28-14-18(15-28)16-29(19-12-13-19)26(31)32-17-24-22-10-6-4-8-20(22)21-9-5-7-11-23(21)24/h4-11,18-19,24H,12-17H2,1-3H3. The Morgan fingerprint density at radius 1 is 0.970 bits per heavy atom. The molecule has 0 aromatic heterocycles. The number of nitrogens with zero attached hydrogens (tertiary/aromatic N) is 2. The first-order chi connectivity index (χ1) is 15.8. The monoisotopic (exact) mass is 448 g/mol. The van der Waals surface area contributed by atoms with Gasteiger partial charge in [0.1, 0.15) is 12.2 Å². The Labute approximate surface area is 195 Å². The summed E-state index contributed by atoms with van der Waals surface area (Å²) in [6.45, 7) is 7.81. The molecule has 2 aliphatic carbocycles. The zero-order valence-corrected chi connectivity index (χ0v) is 19.6. The van der Waals surface area contributed by atoms with Gasteiger partial charge in [0.2, 0.25) is 0 Å². The van der Waals surface area contributed by atoms with Gasteiger partial charge in [-0.3, -0.25) is 0 Å². The Morgan fingerprint density at radius 3 is 2.09 bits per heavy atom. The second-order valence-corrected chi connectivity index (χ2v) is 10.4. The van der Waals surface area contributed by atoms with Crippen LogP contribution >= 0.6 is 0 Å². The van der Waals surface area contributed by atoms with Crippen molar-refractivity contribution in [2.45, 2.75) is 51.2 Å². The number of carbonyl (C=O) groups excluding carboxylic acids is 2. The first-order valence-electron chi connectivity index (χ1n) is 11.9. The van der Waals surface area contributed by atoms with Crippen LogP contribution in [0, 0.1) is 5.92 Å². The minimum Gasteiger partial charge on any atom is -0.448 e. The fourth-order valence-electron chi connectivity index (χ4n) is 4.87. The third-order valence-electron chi connectivity index (χ3n) is 6.62. The summed E-state index contributed by atoms with van der Waals surface area (Å²) < 4.78 is 11.3. The second kappa shape index (κ2) is 8.40. The molecule has 1 saturated carbocycles. The highest BCUT2D eigenvalue weighted by Gasteiger charge is 2.40. The van der Waals surface area contributed by atoms with Crippen LogP contribution in [-0.2, 0) is 9.47 Å². The number of ether oxygens (including phenoxy) is 2. The Balaban J connectivity index is 1.19. The summed E-state index contributed by atoms with van der Waals surface area (Å²) in [6.07, 6.45) is 1.52. The molecule has 2 amide bonds. The van der Waals surface area contributed by atoms with Gasteiger partial charge in [-0.15, -0.1) is 0 Å². The average Bonchev–Trinajstić information content (AvgIpc) is 3.52. The molecule has 0 atom stereocenters. The molecule has 33 heavy (non-hydrogen) atoms. The average molecular weight is 449 g/mol. The van der Waals surface area contributed by atoms with E-state index in [4.69, 9.17) is 9.47 Å². The van der Waals surface area contributed by atoms with Gasteiger partial charge < -0.3 is 19.3 Å². The molecule has 5 rings (SSSR count). The molecule has 1 heterocycles. The van der Waals surface area contributed by atoms with E-state index in [1.165, 1.54) is 22.3 Å². The predicted octanol–water partition coefficient (Wildman–Crippen LogP) is 5.27. The van der Waals surface area contributed by atoms with Crippen LogP contribution in [0.1, 0.15) is 50.7 Å². The third-order valence-corrected chi connectivity index (χ3v) is 6.62. The largest absolute Gasteiger partial charge is 0.448 e. The van der Waals surface area contributed by atoms with Crippen LogP contribution in [0.5, 0.6) is 0 Å². The molecule has 2 fully saturated rings. The number of hydrogen-bond donors (Lipinski definition) is 0. The van der Waals surface area contributed by atoms with E-state index < -0.39 is 5.60 Å². The zero-order chi connectivity index (χ0) is 23.2. The first-order valence-corrected chi connectivity index (χ1v) is 11.9. The van der Waals surface area contributed by atoms with Crippen molar-refractivity contribution >= 4 is 12.2 Å². The second-order valence-electron chi connectivity index (χ2n) is 10.4. The number of likely N-dealkylation sites (tertiary alicyclic amines) is 1. The van der Waals surface area contributed by atoms with Gasteiger partial charge in [-0.05, 0) is 55.9 Å². The van der Waals surface area contributed by atoms with Gasteiger partial charge >= 0.3 is 12.2 Å². The summed E-state index contributed by atoms with van der Waals surface area (Å²) in [4.78, 5) is 28.9. The molecule has 0 spiro atoms. The molecule has 6 heteroatoms. The van der Waals surface area contributed by atoms with Gasteiger partial charge in [-0.2, -0.15) is 0 Å². The first kappa shape index (κ1) is 21.8. The maximum Gasteiger partial charge on any atom is 0.410 e. The third kappa shape index (κ3) is 4.56. The van der Waals surface area contributed by atoms with Crippen LogP contribution in [0.4, 0.5) is 9.59 Å². The summed E-state index contributed by atoms with van der Waals surface area (Å²) in [6, 6.07) is 17.0. The molecule has 0 unspecified atom stereocenters. The van der Waals surface area contributed by atoms with Crippen molar-refractivity contribution in [1.29, 1.82) is 0 Å². The van der Waals surface area contributed by atoms with Crippen LogP contribution in [0.25, 0.3) is 11.1 Å². The zero-order valence-electron chi connectivity index (χ0n) is 19.6. The maximum atomic E-state index is 13.1. The van der Waals surface area contributed by atoms with Gasteiger partial charge in [0.25, 0.3) is 0 Å². The summed E-state index contributed by atoms with van der Waals surface area (Å²) in [7, 11) is 0. The van der Waals surface area contributed by atoms with Crippen LogP contribution in [-0.4, -0.2) is 59.9 Å². The molecule has 0 radical (unpaired) electrons. The smallest absolute Gasteiger partial charge is 0.410 e. The van der Waals surface area contributed by atoms with Gasteiger partial charge in [-0.25, -0.2) is 9.59 Å². The molecule has 2 aromatic carbocycles. The number of fused-ring (bicyclic) bond motifs is 3. The highest BCUT2D eigenvalue weighted by atomic mass is 16.6. The Bertz CT molecular complexity index is 1000. The molecule has 0 bridgehead atoms. The topological polar surface area (TPSA) is 59.1 Å². The molecule has 0 N–H and O–H groups in total. The Hall–Kier alpha value is -3.02. The van der Waals surface area contributed by atoms with Gasteiger partial charge in [0, 0.05) is 37.5 Å². The van der Waals surface area contributed by atoms with Crippen molar-refractivity contribution in [2.24, 2.45) is 5.92 Å². The fraction of sp³-hybridized carbons (Fsp3) is 0.481. The molecule has 174 valence electrons. The van der Waals surface area contributed by atoms with Crippen LogP contribution in [0.2, 0.25) is 0 Å². The lowest BCUT2D eigenvalue weighted by Gasteiger charge is -2.41. The van der Waals surface area contributed by atoms with E-state index in [-0.39, 0.29) is 30.1 Å². The molecular formula is C27H32N2O4. The van der Waals surface area contributed by atoms with Crippen LogP contribution in [0.3, 0.4) is 0 Å². The van der Waals surface area contributed by atoms with E-state index in [1.54, 1.807) is 4.90 Å². The lowest BCUT2D eigenvalue weighted by Crippen LogP contribution is -2.55. The number of amides is 2. The van der Waals surface area contributed by atoms with E-state index in [1.807, 2.05) is 37.8 Å². The number of hydrogen-bond acceptors (Lipinski definition) is 4. The normalized spacial score (nSPS) is 17.7. The van der Waals surface area contributed by atoms with E-state index in [0.29, 0.717) is 26.2 Å². The van der Waals surface area contributed by atoms with Crippen molar-refractivity contribution in [3.05, 3.63) is 59.7 Å². The number of rotatable bonds is 5. The molecule has 1 aliphatic heterocycles. The van der Waals surface area contributed by atoms with Crippen LogP contribution in [0.15, 0.2) is 48.5 Å². The van der Waals surface area contributed by atoms with Gasteiger partial charge in [-0.1, -0.05) is 48.5 Å². The fourth-order valence-corrected chi connectivity index (χ4v) is 4.87. The van der Waals surface area contributed by atoms with Gasteiger partial charge in [0.15, 0.2) is 0 Å². The van der Waals surface area contributed by atoms with Crippen molar-refractivity contribution in [3.63, 3.8) is 0 Å². The Morgan fingerprint density at radius 2 is 1.55 bits per heavy atom. The minimum absolute atomic E-state index is 0.0637. The lowest BCUT2D eigenvalue weighted by atomic mass is 9.98. The minimum atomic E-state index is -0.497. The van der Waals surface area contributed by atoms with Crippen molar-refractivity contribution < 1.29 is 19.1 Å². The summed E-state index contributed by atoms with van der Waals surface area (Å²) >= 11 is 0.